The second-order valence-electron chi connectivity index (χ2n) is 7.11. The molecule has 3 aromatic carbocycles. The fourth-order valence-corrected chi connectivity index (χ4v) is 3.78. The van der Waals surface area contributed by atoms with Crippen molar-refractivity contribution >= 4 is 16.5 Å². The lowest BCUT2D eigenvalue weighted by molar-refractivity contribution is 0.0395. The van der Waals surface area contributed by atoms with Gasteiger partial charge in [-0.25, -0.2) is 4.39 Å². The molecular weight excluding hydrogens is 339 g/mol. The molecule has 140 valence electrons. The average Bonchev–Trinajstić information content (AvgIpc) is 2.72. The summed E-state index contributed by atoms with van der Waals surface area (Å²) in [4.78, 5) is 2.26. The van der Waals surface area contributed by atoms with Crippen molar-refractivity contribution in [2.24, 2.45) is 0 Å². The van der Waals surface area contributed by atoms with E-state index in [1.807, 2.05) is 12.1 Å². The molecule has 2 atom stereocenters. The van der Waals surface area contributed by atoms with Crippen LogP contribution in [-0.4, -0.2) is 32.3 Å². The lowest BCUT2D eigenvalue weighted by Gasteiger charge is -2.35. The van der Waals surface area contributed by atoms with Crippen LogP contribution in [0.15, 0.2) is 66.7 Å². The Hall–Kier alpha value is -2.43. The average molecular weight is 364 g/mol. The summed E-state index contributed by atoms with van der Waals surface area (Å²) < 4.78 is 19.1. The van der Waals surface area contributed by atoms with Crippen LogP contribution in [0.4, 0.5) is 10.1 Å². The van der Waals surface area contributed by atoms with E-state index in [2.05, 4.69) is 59.6 Å². The number of halogens is 1. The van der Waals surface area contributed by atoms with Crippen LogP contribution in [0, 0.1) is 5.82 Å². The molecule has 1 heterocycles. The minimum atomic E-state index is -0.200. The number of fused-ring (bicyclic) bond motifs is 1. The van der Waals surface area contributed by atoms with Crippen molar-refractivity contribution in [2.75, 3.05) is 31.1 Å². The number of rotatable bonds is 5. The SMILES string of the molecule is C[C@@H](NCC1CN(c2ccc(F)cc2)CCO1)c1cccc2ccccc12. The minimum absolute atomic E-state index is 0.112. The molecule has 0 spiro atoms. The first-order valence-electron chi connectivity index (χ1n) is 9.54. The van der Waals surface area contributed by atoms with Gasteiger partial charge in [0.25, 0.3) is 0 Å². The largest absolute Gasteiger partial charge is 0.373 e. The molecule has 1 fully saturated rings. The van der Waals surface area contributed by atoms with E-state index in [1.54, 1.807) is 0 Å². The number of ether oxygens (including phenoxy) is 1. The van der Waals surface area contributed by atoms with Crippen LogP contribution in [0.25, 0.3) is 10.8 Å². The summed E-state index contributed by atoms with van der Waals surface area (Å²) in [7, 11) is 0. The standard InChI is InChI=1S/C23H25FN2O/c1-17(22-8-4-6-18-5-2-3-7-23(18)22)25-15-21-16-26(13-14-27-21)20-11-9-19(24)10-12-20/h2-12,17,21,25H,13-16H2,1H3/t17-,21?/m1/s1. The second-order valence-corrected chi connectivity index (χ2v) is 7.11. The quantitative estimate of drug-likeness (QED) is 0.720. The Balaban J connectivity index is 1.39. The zero-order valence-corrected chi connectivity index (χ0v) is 15.6. The number of benzene rings is 3. The fourth-order valence-electron chi connectivity index (χ4n) is 3.78. The summed E-state index contributed by atoms with van der Waals surface area (Å²) in [6.45, 7) is 5.30. The predicted molar refractivity (Wildman–Crippen MR) is 109 cm³/mol. The van der Waals surface area contributed by atoms with Crippen molar-refractivity contribution in [2.45, 2.75) is 19.1 Å². The smallest absolute Gasteiger partial charge is 0.123 e. The van der Waals surface area contributed by atoms with Crippen LogP contribution in [0.5, 0.6) is 0 Å². The summed E-state index contributed by atoms with van der Waals surface area (Å²) in [5.41, 5.74) is 2.35. The van der Waals surface area contributed by atoms with Gasteiger partial charge in [0.1, 0.15) is 5.82 Å². The number of hydrogen-bond donors (Lipinski definition) is 1. The molecule has 0 aliphatic carbocycles. The van der Waals surface area contributed by atoms with Gasteiger partial charge in [0.05, 0.1) is 12.7 Å². The number of anilines is 1. The summed E-state index contributed by atoms with van der Waals surface area (Å²) >= 11 is 0. The Labute approximate surface area is 159 Å². The van der Waals surface area contributed by atoms with Gasteiger partial charge >= 0.3 is 0 Å². The Kier molecular flexibility index (Phi) is 5.37. The molecule has 4 rings (SSSR count). The molecule has 1 aliphatic heterocycles. The van der Waals surface area contributed by atoms with Crippen LogP contribution in [-0.2, 0) is 4.74 Å². The van der Waals surface area contributed by atoms with Gasteiger partial charge in [-0.1, -0.05) is 42.5 Å². The normalized spacial score (nSPS) is 18.6. The van der Waals surface area contributed by atoms with Crippen molar-refractivity contribution in [3.63, 3.8) is 0 Å². The van der Waals surface area contributed by atoms with Gasteiger partial charge in [0.2, 0.25) is 0 Å². The van der Waals surface area contributed by atoms with Gasteiger partial charge in [0, 0.05) is 31.4 Å². The molecular formula is C23H25FN2O. The zero-order valence-electron chi connectivity index (χ0n) is 15.6. The molecule has 0 saturated carbocycles. The fraction of sp³-hybridized carbons (Fsp3) is 0.304. The van der Waals surface area contributed by atoms with Crippen LogP contribution < -0.4 is 10.2 Å². The zero-order chi connectivity index (χ0) is 18.6. The molecule has 1 N–H and O–H groups in total. The van der Waals surface area contributed by atoms with Crippen LogP contribution in [0.3, 0.4) is 0 Å². The first kappa shape index (κ1) is 18.0. The third-order valence-corrected chi connectivity index (χ3v) is 5.27. The predicted octanol–water partition coefficient (Wildman–Crippen LogP) is 4.53. The molecule has 4 heteroatoms. The van der Waals surface area contributed by atoms with Crippen molar-refractivity contribution in [3.05, 3.63) is 78.1 Å². The number of nitrogens with zero attached hydrogens (tertiary/aromatic N) is 1. The highest BCUT2D eigenvalue weighted by Crippen LogP contribution is 2.24. The summed E-state index contributed by atoms with van der Waals surface area (Å²) in [6.07, 6.45) is 0.112. The van der Waals surface area contributed by atoms with Crippen molar-refractivity contribution in [1.82, 2.24) is 5.32 Å². The molecule has 27 heavy (non-hydrogen) atoms. The lowest BCUT2D eigenvalue weighted by Crippen LogP contribution is -2.47. The third-order valence-electron chi connectivity index (χ3n) is 5.27. The Morgan fingerprint density at radius 2 is 1.85 bits per heavy atom. The molecule has 1 aliphatic rings. The topological polar surface area (TPSA) is 24.5 Å². The second kappa shape index (κ2) is 8.07. The summed E-state index contributed by atoms with van der Waals surface area (Å²) in [6, 6.07) is 21.9. The van der Waals surface area contributed by atoms with Gasteiger partial charge < -0.3 is 15.0 Å². The highest BCUT2D eigenvalue weighted by atomic mass is 19.1. The van der Waals surface area contributed by atoms with E-state index >= 15 is 0 Å². The monoisotopic (exact) mass is 364 g/mol. The number of hydrogen-bond acceptors (Lipinski definition) is 3. The summed E-state index contributed by atoms with van der Waals surface area (Å²) in [5.74, 6) is -0.200. The molecule has 0 radical (unpaired) electrons. The maximum Gasteiger partial charge on any atom is 0.123 e. The Bertz CT molecular complexity index is 891. The van der Waals surface area contributed by atoms with Gasteiger partial charge in [-0.05, 0) is 47.5 Å². The van der Waals surface area contributed by atoms with Gasteiger partial charge in [-0.3, -0.25) is 0 Å². The minimum Gasteiger partial charge on any atom is -0.373 e. The third kappa shape index (κ3) is 4.12. The maximum atomic E-state index is 13.2. The number of morpholine rings is 1. The van der Waals surface area contributed by atoms with E-state index < -0.39 is 0 Å². The van der Waals surface area contributed by atoms with Gasteiger partial charge in [0.15, 0.2) is 0 Å². The van der Waals surface area contributed by atoms with Crippen LogP contribution >= 0.6 is 0 Å². The van der Waals surface area contributed by atoms with Crippen molar-refractivity contribution in [1.29, 1.82) is 0 Å². The van der Waals surface area contributed by atoms with Crippen molar-refractivity contribution in [3.8, 4) is 0 Å². The first-order valence-corrected chi connectivity index (χ1v) is 9.54. The highest BCUT2D eigenvalue weighted by Gasteiger charge is 2.21. The van der Waals surface area contributed by atoms with Crippen LogP contribution in [0.2, 0.25) is 0 Å². The molecule has 1 saturated heterocycles. The molecule has 1 unspecified atom stereocenters. The molecule has 0 amide bonds. The molecule has 0 bridgehead atoms. The molecule has 0 aromatic heterocycles. The van der Waals surface area contributed by atoms with E-state index in [0.717, 1.165) is 25.3 Å². The highest BCUT2D eigenvalue weighted by molar-refractivity contribution is 5.86. The lowest BCUT2D eigenvalue weighted by atomic mass is 9.99. The van der Waals surface area contributed by atoms with Gasteiger partial charge in [-0.15, -0.1) is 0 Å². The number of nitrogens with one attached hydrogen (secondary N) is 1. The molecule has 3 nitrogen and oxygen atoms in total. The van der Waals surface area contributed by atoms with Gasteiger partial charge in [-0.2, -0.15) is 0 Å². The van der Waals surface area contributed by atoms with E-state index in [-0.39, 0.29) is 18.0 Å². The molecule has 3 aromatic rings. The van der Waals surface area contributed by atoms with E-state index in [1.165, 1.54) is 28.5 Å². The Morgan fingerprint density at radius 3 is 2.70 bits per heavy atom. The first-order chi connectivity index (χ1) is 13.2. The Morgan fingerprint density at radius 1 is 1.07 bits per heavy atom. The summed E-state index contributed by atoms with van der Waals surface area (Å²) in [5, 5.41) is 6.18. The maximum absolute atomic E-state index is 13.2. The van der Waals surface area contributed by atoms with Crippen LogP contribution in [0.1, 0.15) is 18.5 Å². The van der Waals surface area contributed by atoms with E-state index in [9.17, 15) is 4.39 Å². The van der Waals surface area contributed by atoms with E-state index in [4.69, 9.17) is 4.74 Å². The van der Waals surface area contributed by atoms with Crippen molar-refractivity contribution < 1.29 is 9.13 Å². The van der Waals surface area contributed by atoms with E-state index in [0.29, 0.717) is 6.61 Å².